The van der Waals surface area contributed by atoms with Crippen molar-refractivity contribution >= 4 is 5.95 Å². The molecule has 1 fully saturated rings. The Labute approximate surface area is 107 Å². The highest BCUT2D eigenvalue weighted by molar-refractivity contribution is 5.32. The zero-order chi connectivity index (χ0) is 12.4. The van der Waals surface area contributed by atoms with Gasteiger partial charge in [0.2, 0.25) is 5.95 Å². The molecule has 3 heterocycles. The minimum Gasteiger partial charge on any atom is -0.340 e. The van der Waals surface area contributed by atoms with Crippen LogP contribution in [0.2, 0.25) is 0 Å². The highest BCUT2D eigenvalue weighted by atomic mass is 15.3. The highest BCUT2D eigenvalue weighted by Crippen LogP contribution is 2.22. The SMILES string of the molecule is CCc1nccn1CC1CN(c2ncccn2)C1. The van der Waals surface area contributed by atoms with Gasteiger partial charge in [-0.1, -0.05) is 6.92 Å². The second-order valence-corrected chi connectivity index (χ2v) is 4.67. The first kappa shape index (κ1) is 11.2. The van der Waals surface area contributed by atoms with Crippen molar-refractivity contribution in [1.29, 1.82) is 0 Å². The summed E-state index contributed by atoms with van der Waals surface area (Å²) in [6.07, 6.45) is 8.53. The molecule has 94 valence electrons. The molecule has 1 aliphatic rings. The van der Waals surface area contributed by atoms with Crippen LogP contribution in [0, 0.1) is 5.92 Å². The number of hydrogen-bond donors (Lipinski definition) is 0. The summed E-state index contributed by atoms with van der Waals surface area (Å²) in [7, 11) is 0. The van der Waals surface area contributed by atoms with E-state index in [2.05, 4.69) is 37.5 Å². The second-order valence-electron chi connectivity index (χ2n) is 4.67. The number of nitrogens with zero attached hydrogens (tertiary/aromatic N) is 5. The van der Waals surface area contributed by atoms with Gasteiger partial charge in [0.15, 0.2) is 0 Å². The van der Waals surface area contributed by atoms with Crippen LogP contribution in [-0.4, -0.2) is 32.6 Å². The van der Waals surface area contributed by atoms with Crippen LogP contribution in [0.25, 0.3) is 0 Å². The van der Waals surface area contributed by atoms with Crippen LogP contribution < -0.4 is 4.90 Å². The lowest BCUT2D eigenvalue weighted by atomic mass is 10.0. The summed E-state index contributed by atoms with van der Waals surface area (Å²) in [5.74, 6) is 2.69. The molecule has 1 aliphatic heterocycles. The second kappa shape index (κ2) is 4.76. The minimum atomic E-state index is 0.674. The third-order valence-corrected chi connectivity index (χ3v) is 3.36. The topological polar surface area (TPSA) is 46.8 Å². The first-order valence-electron chi connectivity index (χ1n) is 6.38. The molecule has 0 aromatic carbocycles. The van der Waals surface area contributed by atoms with Gasteiger partial charge < -0.3 is 9.47 Å². The normalized spacial score (nSPS) is 15.7. The summed E-state index contributed by atoms with van der Waals surface area (Å²) >= 11 is 0. The lowest BCUT2D eigenvalue weighted by molar-refractivity contribution is 0.348. The van der Waals surface area contributed by atoms with Crippen molar-refractivity contribution in [3.05, 3.63) is 36.7 Å². The first-order valence-corrected chi connectivity index (χ1v) is 6.38. The van der Waals surface area contributed by atoms with Crippen molar-refractivity contribution in [3.8, 4) is 0 Å². The zero-order valence-corrected chi connectivity index (χ0v) is 10.5. The maximum absolute atomic E-state index is 4.35. The fourth-order valence-electron chi connectivity index (χ4n) is 2.40. The third kappa shape index (κ3) is 2.08. The van der Waals surface area contributed by atoms with E-state index in [0.717, 1.165) is 32.0 Å². The maximum atomic E-state index is 4.35. The van der Waals surface area contributed by atoms with Gasteiger partial charge in [-0.25, -0.2) is 15.0 Å². The molecule has 0 N–H and O–H groups in total. The predicted octanol–water partition coefficient (Wildman–Crippen LogP) is 1.37. The van der Waals surface area contributed by atoms with Gasteiger partial charge in [-0.2, -0.15) is 0 Å². The highest BCUT2D eigenvalue weighted by Gasteiger charge is 2.28. The summed E-state index contributed by atoms with van der Waals surface area (Å²) < 4.78 is 2.26. The molecule has 5 heteroatoms. The average Bonchev–Trinajstić information content (AvgIpc) is 2.81. The molecule has 2 aromatic heterocycles. The Hall–Kier alpha value is -1.91. The first-order chi connectivity index (χ1) is 8.86. The van der Waals surface area contributed by atoms with Gasteiger partial charge in [0.05, 0.1) is 0 Å². The lowest BCUT2D eigenvalue weighted by Crippen LogP contribution is -2.49. The van der Waals surface area contributed by atoms with Gasteiger partial charge in [-0.05, 0) is 6.07 Å². The van der Waals surface area contributed by atoms with E-state index >= 15 is 0 Å². The van der Waals surface area contributed by atoms with Crippen LogP contribution in [-0.2, 0) is 13.0 Å². The van der Waals surface area contributed by atoms with Crippen molar-refractivity contribution in [2.75, 3.05) is 18.0 Å². The van der Waals surface area contributed by atoms with Gasteiger partial charge in [-0.3, -0.25) is 0 Å². The number of hydrogen-bond acceptors (Lipinski definition) is 4. The lowest BCUT2D eigenvalue weighted by Gasteiger charge is -2.39. The Bertz CT molecular complexity index is 501. The monoisotopic (exact) mass is 243 g/mol. The summed E-state index contributed by atoms with van der Waals surface area (Å²) in [5, 5.41) is 0. The van der Waals surface area contributed by atoms with E-state index in [4.69, 9.17) is 0 Å². The van der Waals surface area contributed by atoms with Crippen LogP contribution in [0.3, 0.4) is 0 Å². The quantitative estimate of drug-likeness (QED) is 0.813. The fraction of sp³-hybridized carbons (Fsp3) is 0.462. The summed E-state index contributed by atoms with van der Waals surface area (Å²) in [5.41, 5.74) is 0. The van der Waals surface area contributed by atoms with E-state index in [1.54, 1.807) is 12.4 Å². The van der Waals surface area contributed by atoms with Crippen molar-refractivity contribution in [2.24, 2.45) is 5.92 Å². The molecule has 18 heavy (non-hydrogen) atoms. The molecule has 0 radical (unpaired) electrons. The summed E-state index contributed by atoms with van der Waals surface area (Å²) in [6.45, 7) is 5.26. The van der Waals surface area contributed by atoms with Gasteiger partial charge in [0.25, 0.3) is 0 Å². The Balaban J connectivity index is 1.57. The minimum absolute atomic E-state index is 0.674. The molecular weight excluding hydrogens is 226 g/mol. The maximum Gasteiger partial charge on any atom is 0.225 e. The molecule has 0 spiro atoms. The Morgan fingerprint density at radius 2 is 1.94 bits per heavy atom. The van der Waals surface area contributed by atoms with Crippen LogP contribution in [0.5, 0.6) is 0 Å². The van der Waals surface area contributed by atoms with Crippen molar-refractivity contribution in [1.82, 2.24) is 19.5 Å². The molecule has 0 atom stereocenters. The molecule has 0 amide bonds. The summed E-state index contributed by atoms with van der Waals surface area (Å²) in [4.78, 5) is 15.1. The Kier molecular flexibility index (Phi) is 2.96. The van der Waals surface area contributed by atoms with E-state index in [1.807, 2.05) is 12.3 Å². The van der Waals surface area contributed by atoms with Crippen LogP contribution >= 0.6 is 0 Å². The molecule has 0 unspecified atom stereocenters. The molecule has 0 bridgehead atoms. The molecule has 0 aliphatic carbocycles. The average molecular weight is 243 g/mol. The van der Waals surface area contributed by atoms with Gasteiger partial charge in [0.1, 0.15) is 5.82 Å². The predicted molar refractivity (Wildman–Crippen MR) is 69.3 cm³/mol. The number of anilines is 1. The standard InChI is InChI=1S/C13H17N5/c1-2-12-14-6-7-17(12)8-11-9-18(10-11)13-15-4-3-5-16-13/h3-7,11H,2,8-10H2,1H3. The number of aryl methyl sites for hydroxylation is 1. The molecule has 1 saturated heterocycles. The molecule has 2 aromatic rings. The zero-order valence-electron chi connectivity index (χ0n) is 10.5. The van der Waals surface area contributed by atoms with E-state index in [9.17, 15) is 0 Å². The van der Waals surface area contributed by atoms with E-state index in [-0.39, 0.29) is 0 Å². The number of imidazole rings is 1. The van der Waals surface area contributed by atoms with E-state index in [1.165, 1.54) is 5.82 Å². The van der Waals surface area contributed by atoms with Crippen LogP contribution in [0.15, 0.2) is 30.9 Å². The van der Waals surface area contributed by atoms with Crippen LogP contribution in [0.4, 0.5) is 5.95 Å². The van der Waals surface area contributed by atoms with Crippen molar-refractivity contribution in [3.63, 3.8) is 0 Å². The van der Waals surface area contributed by atoms with Gasteiger partial charge in [-0.15, -0.1) is 0 Å². The molecule has 3 rings (SSSR count). The van der Waals surface area contributed by atoms with E-state index in [0.29, 0.717) is 5.92 Å². The smallest absolute Gasteiger partial charge is 0.225 e. The largest absolute Gasteiger partial charge is 0.340 e. The Morgan fingerprint density at radius 3 is 2.67 bits per heavy atom. The van der Waals surface area contributed by atoms with Crippen molar-refractivity contribution < 1.29 is 0 Å². The summed E-state index contributed by atoms with van der Waals surface area (Å²) in [6, 6.07) is 1.85. The third-order valence-electron chi connectivity index (χ3n) is 3.36. The Morgan fingerprint density at radius 1 is 1.17 bits per heavy atom. The number of aromatic nitrogens is 4. The number of rotatable bonds is 4. The van der Waals surface area contributed by atoms with Crippen molar-refractivity contribution in [2.45, 2.75) is 19.9 Å². The molecular formula is C13H17N5. The van der Waals surface area contributed by atoms with Crippen LogP contribution in [0.1, 0.15) is 12.7 Å². The fourth-order valence-corrected chi connectivity index (χ4v) is 2.40. The van der Waals surface area contributed by atoms with Gasteiger partial charge in [0, 0.05) is 56.8 Å². The van der Waals surface area contributed by atoms with Gasteiger partial charge >= 0.3 is 0 Å². The molecule has 5 nitrogen and oxygen atoms in total. The van der Waals surface area contributed by atoms with E-state index < -0.39 is 0 Å². The molecule has 0 saturated carbocycles.